The predicted molar refractivity (Wildman–Crippen MR) is 179 cm³/mol. The van der Waals surface area contributed by atoms with E-state index < -0.39 is 61.2 Å². The lowest BCUT2D eigenvalue weighted by Crippen LogP contribution is -2.68. The maximum absolute atomic E-state index is 12.2. The van der Waals surface area contributed by atoms with Crippen molar-refractivity contribution in [2.24, 2.45) is 50.7 Å². The molecule has 7 N–H and O–H groups in total. The number of hydrogen-bond acceptors (Lipinski definition) is 11. The van der Waals surface area contributed by atoms with Crippen molar-refractivity contribution in [3.8, 4) is 0 Å². The number of fused-ring (bicyclic) bond motifs is 3. The average Bonchev–Trinajstić information content (AvgIpc) is 3.58. The molecule has 3 unspecified atom stereocenters. The van der Waals surface area contributed by atoms with Gasteiger partial charge in [0.25, 0.3) is 0 Å². The minimum atomic E-state index is -1.54. The summed E-state index contributed by atoms with van der Waals surface area (Å²) < 4.78 is 18.9. The Bertz CT molecular complexity index is 1250. The van der Waals surface area contributed by atoms with Crippen molar-refractivity contribution in [2.45, 2.75) is 174 Å². The van der Waals surface area contributed by atoms with E-state index in [4.69, 9.17) is 14.2 Å². The van der Waals surface area contributed by atoms with Gasteiger partial charge in [0.15, 0.2) is 6.29 Å². The molecule has 0 spiro atoms. The smallest absolute Gasteiger partial charge is 0.302 e. The van der Waals surface area contributed by atoms with Crippen LogP contribution in [0.1, 0.15) is 113 Å². The van der Waals surface area contributed by atoms with Crippen LogP contribution in [0.2, 0.25) is 0 Å². The number of carbonyl (C=O) groups is 1. The van der Waals surface area contributed by atoms with E-state index in [1.54, 1.807) is 0 Å². The number of aliphatic hydroxyl groups is 7. The molecule has 0 amide bonds. The molecule has 6 rings (SSSR count). The zero-order valence-corrected chi connectivity index (χ0v) is 30.8. The summed E-state index contributed by atoms with van der Waals surface area (Å²) in [6, 6.07) is 0. The molecule has 6 fully saturated rings. The molecule has 6 aliphatic rings. The minimum Gasteiger partial charge on any atom is -0.462 e. The lowest BCUT2D eigenvalue weighted by molar-refractivity contribution is -0.344. The first-order valence-corrected chi connectivity index (χ1v) is 18.8. The van der Waals surface area contributed by atoms with Crippen molar-refractivity contribution in [3.63, 3.8) is 0 Å². The van der Waals surface area contributed by atoms with Crippen molar-refractivity contribution in [3.05, 3.63) is 0 Å². The second-order valence-corrected chi connectivity index (χ2v) is 18.9. The fourth-order valence-corrected chi connectivity index (χ4v) is 13.5. The molecule has 5 aliphatic carbocycles. The highest BCUT2D eigenvalue weighted by Gasteiger charge is 2.85. The molecule has 0 aromatic heterocycles. The minimum absolute atomic E-state index is 0.0295. The van der Waals surface area contributed by atoms with Crippen LogP contribution in [-0.2, 0) is 19.0 Å². The second kappa shape index (κ2) is 12.3. The summed E-state index contributed by atoms with van der Waals surface area (Å²) in [4.78, 5) is 12.2. The SMILES string of the molecule is CC(=O)O[C@@H]1CC[C@]2(C)[C@H]3CC[C@]45C[C@]4(CC[C@H]5C(C)CC(O)C(O)C(C)(C)O)[C@]3(C)[C@H](O[C@@H]3O[C@H](CO)[C@@H](O)[C@H](O)[C@H]3O)C[C@H]2C1(C)C. The van der Waals surface area contributed by atoms with E-state index in [0.29, 0.717) is 18.8 Å². The van der Waals surface area contributed by atoms with Gasteiger partial charge in [-0.1, -0.05) is 34.6 Å². The van der Waals surface area contributed by atoms with Crippen LogP contribution in [0.25, 0.3) is 0 Å². The summed E-state index contributed by atoms with van der Waals surface area (Å²) in [6.07, 6.45) is -2.03. The molecule has 0 aromatic carbocycles. The summed E-state index contributed by atoms with van der Waals surface area (Å²) in [5.74, 6) is 0.513. The van der Waals surface area contributed by atoms with Gasteiger partial charge in [0.05, 0.1) is 24.4 Å². The topological polar surface area (TPSA) is 186 Å². The first-order chi connectivity index (χ1) is 22.6. The monoisotopic (exact) mass is 696 g/mol. The van der Waals surface area contributed by atoms with Gasteiger partial charge in [-0.15, -0.1) is 0 Å². The maximum atomic E-state index is 12.2. The van der Waals surface area contributed by atoms with Crippen molar-refractivity contribution in [2.75, 3.05) is 6.61 Å². The molecular formula is C38H64O11. The van der Waals surface area contributed by atoms with Gasteiger partial charge in [-0.2, -0.15) is 0 Å². The molecule has 0 radical (unpaired) electrons. The number of aliphatic hydroxyl groups excluding tert-OH is 6. The van der Waals surface area contributed by atoms with Gasteiger partial charge >= 0.3 is 5.97 Å². The van der Waals surface area contributed by atoms with Gasteiger partial charge in [0.1, 0.15) is 36.6 Å². The van der Waals surface area contributed by atoms with Crippen molar-refractivity contribution in [1.29, 1.82) is 0 Å². The highest BCUT2D eigenvalue weighted by Crippen LogP contribution is 2.91. The Morgan fingerprint density at radius 1 is 0.939 bits per heavy atom. The summed E-state index contributed by atoms with van der Waals surface area (Å²) >= 11 is 0. The zero-order chi connectivity index (χ0) is 36.3. The summed E-state index contributed by atoms with van der Waals surface area (Å²) in [5, 5.41) is 74.4. The van der Waals surface area contributed by atoms with E-state index in [0.717, 1.165) is 44.9 Å². The highest BCUT2D eigenvalue weighted by atomic mass is 16.7. The van der Waals surface area contributed by atoms with E-state index in [2.05, 4.69) is 34.6 Å². The van der Waals surface area contributed by atoms with Gasteiger partial charge < -0.3 is 50.0 Å². The summed E-state index contributed by atoms with van der Waals surface area (Å²) in [5.41, 5.74) is -2.24. The Morgan fingerprint density at radius 2 is 1.61 bits per heavy atom. The zero-order valence-electron chi connectivity index (χ0n) is 30.8. The van der Waals surface area contributed by atoms with Gasteiger partial charge in [-0.25, -0.2) is 0 Å². The van der Waals surface area contributed by atoms with E-state index in [-0.39, 0.29) is 56.9 Å². The molecule has 5 saturated carbocycles. The standard InChI is InChI=1S/C38H64O11/c1-19(15-22(41)31(45)34(5,6)46)21-9-14-38-18-37(21,38)13-10-24-35(7)12-11-26(47-20(2)40)33(3,4)25(35)16-27(36(24,38)8)49-32-30(44)29(43)28(42)23(17-39)48-32/h19,21-32,39,41-46H,9-18H2,1-8H3/t19?,21-,22?,23+,24+,25-,26+,27+,28+,29-,30+,31?,32-,35+,36-,37+,38+/m0/s1. The van der Waals surface area contributed by atoms with Crippen LogP contribution >= 0.6 is 0 Å². The maximum Gasteiger partial charge on any atom is 0.302 e. The molecule has 11 nitrogen and oxygen atoms in total. The first-order valence-electron chi connectivity index (χ1n) is 18.8. The van der Waals surface area contributed by atoms with Crippen LogP contribution in [0, 0.1) is 50.7 Å². The first kappa shape index (κ1) is 37.9. The van der Waals surface area contributed by atoms with Crippen molar-refractivity contribution >= 4 is 5.97 Å². The van der Waals surface area contributed by atoms with Gasteiger partial charge in [0.2, 0.25) is 0 Å². The Kier molecular flexibility index (Phi) is 9.53. The molecule has 1 heterocycles. The number of ether oxygens (including phenoxy) is 3. The van der Waals surface area contributed by atoms with Crippen molar-refractivity contribution in [1.82, 2.24) is 0 Å². The molecule has 0 bridgehead atoms. The third-order valence-electron chi connectivity index (χ3n) is 15.9. The molecule has 49 heavy (non-hydrogen) atoms. The number of hydrogen-bond donors (Lipinski definition) is 7. The van der Waals surface area contributed by atoms with Crippen LogP contribution in [0.4, 0.5) is 0 Å². The van der Waals surface area contributed by atoms with Gasteiger partial charge in [0, 0.05) is 17.8 Å². The summed E-state index contributed by atoms with van der Waals surface area (Å²) in [7, 11) is 0. The molecule has 17 atom stereocenters. The Hall–Kier alpha value is -0.890. The lowest BCUT2D eigenvalue weighted by Gasteiger charge is -2.69. The number of carbonyl (C=O) groups excluding carboxylic acids is 1. The normalized spacial score (nSPS) is 50.6. The average molecular weight is 697 g/mol. The van der Waals surface area contributed by atoms with E-state index in [1.807, 2.05) is 0 Å². The third-order valence-corrected chi connectivity index (χ3v) is 15.9. The van der Waals surface area contributed by atoms with Gasteiger partial charge in [-0.05, 0) is 112 Å². The van der Waals surface area contributed by atoms with Crippen molar-refractivity contribution < 1.29 is 54.8 Å². The highest BCUT2D eigenvalue weighted by molar-refractivity contribution is 5.66. The largest absolute Gasteiger partial charge is 0.462 e. The van der Waals surface area contributed by atoms with E-state index in [1.165, 1.54) is 20.8 Å². The Balaban J connectivity index is 1.36. The van der Waals surface area contributed by atoms with E-state index in [9.17, 15) is 40.5 Å². The fraction of sp³-hybridized carbons (Fsp3) is 0.974. The third kappa shape index (κ3) is 5.41. The Morgan fingerprint density at radius 3 is 2.22 bits per heavy atom. The van der Waals surface area contributed by atoms with Crippen LogP contribution in [0.3, 0.4) is 0 Å². The fourth-order valence-electron chi connectivity index (χ4n) is 13.5. The molecular weight excluding hydrogens is 632 g/mol. The number of rotatable bonds is 9. The molecule has 1 saturated heterocycles. The van der Waals surface area contributed by atoms with E-state index >= 15 is 0 Å². The molecule has 0 aromatic rings. The number of esters is 1. The van der Waals surface area contributed by atoms with Gasteiger partial charge in [-0.3, -0.25) is 4.79 Å². The molecule has 11 heteroatoms. The van der Waals surface area contributed by atoms with Crippen LogP contribution in [0.15, 0.2) is 0 Å². The summed E-state index contributed by atoms with van der Waals surface area (Å²) in [6.45, 7) is 15.3. The van der Waals surface area contributed by atoms with Crippen LogP contribution < -0.4 is 0 Å². The lowest BCUT2D eigenvalue weighted by atomic mass is 9.37. The van der Waals surface area contributed by atoms with Crippen LogP contribution in [-0.4, -0.2) is 109 Å². The van der Waals surface area contributed by atoms with Crippen LogP contribution in [0.5, 0.6) is 0 Å². The second-order valence-electron chi connectivity index (χ2n) is 18.9. The predicted octanol–water partition coefficient (Wildman–Crippen LogP) is 2.67. The quantitative estimate of drug-likeness (QED) is 0.139. The Labute approximate surface area is 291 Å². The molecule has 282 valence electrons. The molecule has 1 aliphatic heterocycles.